The second-order valence-corrected chi connectivity index (χ2v) is 7.20. The summed E-state index contributed by atoms with van der Waals surface area (Å²) in [7, 11) is 0. The Labute approximate surface area is 177 Å². The summed E-state index contributed by atoms with van der Waals surface area (Å²) in [4.78, 5) is 39.5. The molecule has 0 fully saturated rings. The highest BCUT2D eigenvalue weighted by atomic mass is 16.2. The molecule has 2 rings (SSSR count). The van der Waals surface area contributed by atoms with Crippen molar-refractivity contribution in [3.8, 4) is 0 Å². The van der Waals surface area contributed by atoms with Crippen LogP contribution in [-0.2, 0) is 14.4 Å². The van der Waals surface area contributed by atoms with Crippen molar-refractivity contribution in [1.82, 2.24) is 9.80 Å². The minimum Gasteiger partial charge on any atom is -0.368 e. The number of carbonyl (C=O) groups is 3. The molecule has 2 aromatic carbocycles. The molecule has 0 heterocycles. The maximum absolute atomic E-state index is 13.0. The van der Waals surface area contributed by atoms with Crippen LogP contribution in [-0.4, -0.2) is 60.2 Å². The van der Waals surface area contributed by atoms with Crippen LogP contribution < -0.4 is 11.5 Å². The maximum atomic E-state index is 13.0. The Kier molecular flexibility index (Phi) is 9.03. The lowest BCUT2D eigenvalue weighted by Crippen LogP contribution is -2.47. The summed E-state index contributed by atoms with van der Waals surface area (Å²) in [6.07, 6.45) is 0.597. The molecule has 0 radical (unpaired) electrons. The van der Waals surface area contributed by atoms with Gasteiger partial charge in [0.1, 0.15) is 0 Å². The van der Waals surface area contributed by atoms with Crippen molar-refractivity contribution in [2.24, 2.45) is 11.5 Å². The third-order valence-electron chi connectivity index (χ3n) is 4.91. The van der Waals surface area contributed by atoms with Gasteiger partial charge in [-0.15, -0.1) is 0 Å². The zero-order chi connectivity index (χ0) is 21.9. The molecule has 3 amide bonds. The molecule has 0 spiro atoms. The molecule has 0 aliphatic heterocycles. The Bertz CT molecular complexity index is 787. The minimum atomic E-state index is -0.598. The van der Waals surface area contributed by atoms with Crippen LogP contribution in [0.1, 0.15) is 30.4 Å². The van der Waals surface area contributed by atoms with Crippen molar-refractivity contribution < 1.29 is 14.4 Å². The number of nitrogens with two attached hydrogens (primary N) is 2. The molecule has 0 aliphatic rings. The van der Waals surface area contributed by atoms with Crippen molar-refractivity contribution in [1.29, 1.82) is 0 Å². The first-order valence-electron chi connectivity index (χ1n) is 10.0. The lowest BCUT2D eigenvalue weighted by Gasteiger charge is -2.30. The van der Waals surface area contributed by atoms with E-state index in [1.807, 2.05) is 60.7 Å². The summed E-state index contributed by atoms with van der Waals surface area (Å²) in [5, 5.41) is 0. The third kappa shape index (κ3) is 7.00. The Morgan fingerprint density at radius 3 is 1.83 bits per heavy atom. The van der Waals surface area contributed by atoms with Crippen LogP contribution in [0.3, 0.4) is 0 Å². The van der Waals surface area contributed by atoms with Crippen molar-refractivity contribution in [3.05, 3.63) is 71.8 Å². The summed E-state index contributed by atoms with van der Waals surface area (Å²) < 4.78 is 0. The predicted molar refractivity (Wildman–Crippen MR) is 116 cm³/mol. The van der Waals surface area contributed by atoms with Gasteiger partial charge in [0.05, 0.1) is 13.1 Å². The molecule has 2 aromatic rings. The average Bonchev–Trinajstić information content (AvgIpc) is 2.74. The lowest BCUT2D eigenvalue weighted by atomic mass is 9.90. The van der Waals surface area contributed by atoms with E-state index in [2.05, 4.69) is 0 Å². The van der Waals surface area contributed by atoms with Gasteiger partial charge in [-0.05, 0) is 24.1 Å². The zero-order valence-electron chi connectivity index (χ0n) is 17.4. The number of benzene rings is 2. The standard InChI is InChI=1S/C23H30N4O3/c1-18(28)26(14-8-13-24)17-23(30)27(16-22(25)29)15-21(19-9-4-2-5-10-19)20-11-6-3-7-12-20/h2-7,9-12,21H,8,13-17,24H2,1H3,(H2,25,29). The molecule has 7 heteroatoms. The molecule has 0 saturated carbocycles. The van der Waals surface area contributed by atoms with E-state index >= 15 is 0 Å². The lowest BCUT2D eigenvalue weighted by molar-refractivity contribution is -0.141. The molecular weight excluding hydrogens is 380 g/mol. The normalized spacial score (nSPS) is 10.6. The summed E-state index contributed by atoms with van der Waals surface area (Å²) in [5.41, 5.74) is 13.0. The highest BCUT2D eigenvalue weighted by molar-refractivity contribution is 5.87. The molecule has 30 heavy (non-hydrogen) atoms. The van der Waals surface area contributed by atoms with Gasteiger partial charge in [0, 0.05) is 25.9 Å². The van der Waals surface area contributed by atoms with Crippen LogP contribution in [0.5, 0.6) is 0 Å². The Hall–Kier alpha value is -3.19. The number of nitrogens with zero attached hydrogens (tertiary/aromatic N) is 2. The van der Waals surface area contributed by atoms with Gasteiger partial charge in [-0.2, -0.15) is 0 Å². The van der Waals surface area contributed by atoms with Crippen LogP contribution >= 0.6 is 0 Å². The summed E-state index contributed by atoms with van der Waals surface area (Å²) in [6.45, 7) is 2.18. The number of rotatable bonds is 11. The van der Waals surface area contributed by atoms with Gasteiger partial charge in [0.25, 0.3) is 0 Å². The van der Waals surface area contributed by atoms with Crippen molar-refractivity contribution >= 4 is 17.7 Å². The molecular formula is C23H30N4O3. The van der Waals surface area contributed by atoms with Gasteiger partial charge in [0.15, 0.2) is 0 Å². The van der Waals surface area contributed by atoms with Gasteiger partial charge >= 0.3 is 0 Å². The van der Waals surface area contributed by atoms with Crippen LogP contribution in [0.15, 0.2) is 60.7 Å². The van der Waals surface area contributed by atoms with Crippen LogP contribution in [0.4, 0.5) is 0 Å². The topological polar surface area (TPSA) is 110 Å². The van der Waals surface area contributed by atoms with E-state index in [1.165, 1.54) is 16.7 Å². The van der Waals surface area contributed by atoms with E-state index in [-0.39, 0.29) is 37.4 Å². The first kappa shape index (κ1) is 23.1. The van der Waals surface area contributed by atoms with E-state index in [0.29, 0.717) is 19.5 Å². The van der Waals surface area contributed by atoms with Crippen molar-refractivity contribution in [2.45, 2.75) is 19.3 Å². The van der Waals surface area contributed by atoms with Crippen LogP contribution in [0, 0.1) is 0 Å². The number of amides is 3. The highest BCUT2D eigenvalue weighted by Gasteiger charge is 2.25. The molecule has 0 saturated heterocycles. The average molecular weight is 411 g/mol. The third-order valence-corrected chi connectivity index (χ3v) is 4.91. The van der Waals surface area contributed by atoms with Crippen LogP contribution in [0.2, 0.25) is 0 Å². The second-order valence-electron chi connectivity index (χ2n) is 7.20. The molecule has 4 N–H and O–H groups in total. The van der Waals surface area contributed by atoms with E-state index < -0.39 is 5.91 Å². The largest absolute Gasteiger partial charge is 0.368 e. The second kappa shape index (κ2) is 11.7. The van der Waals surface area contributed by atoms with E-state index in [9.17, 15) is 14.4 Å². The van der Waals surface area contributed by atoms with Gasteiger partial charge in [-0.3, -0.25) is 14.4 Å². The fourth-order valence-electron chi connectivity index (χ4n) is 3.33. The van der Waals surface area contributed by atoms with Crippen LogP contribution in [0.25, 0.3) is 0 Å². The first-order valence-corrected chi connectivity index (χ1v) is 10.0. The number of carbonyl (C=O) groups excluding carboxylic acids is 3. The molecule has 0 bridgehead atoms. The fraction of sp³-hybridized carbons (Fsp3) is 0.348. The molecule has 0 unspecified atom stereocenters. The van der Waals surface area contributed by atoms with Gasteiger partial charge in [0.2, 0.25) is 17.7 Å². The van der Waals surface area contributed by atoms with E-state index in [4.69, 9.17) is 11.5 Å². The molecule has 160 valence electrons. The molecule has 7 nitrogen and oxygen atoms in total. The number of primary amides is 1. The summed E-state index contributed by atoms with van der Waals surface area (Å²) >= 11 is 0. The maximum Gasteiger partial charge on any atom is 0.242 e. The van der Waals surface area contributed by atoms with E-state index in [0.717, 1.165) is 11.1 Å². The number of hydrogen-bond acceptors (Lipinski definition) is 4. The SMILES string of the molecule is CC(=O)N(CCCN)CC(=O)N(CC(N)=O)CC(c1ccccc1)c1ccccc1. The quantitative estimate of drug-likeness (QED) is 0.582. The Morgan fingerprint density at radius 2 is 1.40 bits per heavy atom. The highest BCUT2D eigenvalue weighted by Crippen LogP contribution is 2.25. The zero-order valence-corrected chi connectivity index (χ0v) is 17.4. The van der Waals surface area contributed by atoms with Gasteiger partial charge in [-0.25, -0.2) is 0 Å². The smallest absolute Gasteiger partial charge is 0.242 e. The Balaban J connectivity index is 2.28. The van der Waals surface area contributed by atoms with Crippen molar-refractivity contribution in [2.75, 3.05) is 32.7 Å². The van der Waals surface area contributed by atoms with Gasteiger partial charge < -0.3 is 21.3 Å². The fourth-order valence-corrected chi connectivity index (χ4v) is 3.33. The Morgan fingerprint density at radius 1 is 0.867 bits per heavy atom. The first-order chi connectivity index (χ1) is 14.4. The van der Waals surface area contributed by atoms with Crippen molar-refractivity contribution in [3.63, 3.8) is 0 Å². The van der Waals surface area contributed by atoms with E-state index in [1.54, 1.807) is 0 Å². The molecule has 0 aromatic heterocycles. The summed E-state index contributed by atoms with van der Waals surface area (Å²) in [6, 6.07) is 19.6. The number of hydrogen-bond donors (Lipinski definition) is 2. The molecule has 0 atom stereocenters. The monoisotopic (exact) mass is 410 g/mol. The minimum absolute atomic E-state index is 0.112. The summed E-state index contributed by atoms with van der Waals surface area (Å²) in [5.74, 6) is -1.26. The predicted octanol–water partition coefficient (Wildman–Crippen LogP) is 1.33. The van der Waals surface area contributed by atoms with Gasteiger partial charge in [-0.1, -0.05) is 60.7 Å². The molecule has 0 aliphatic carbocycles.